The Labute approximate surface area is 262 Å². The summed E-state index contributed by atoms with van der Waals surface area (Å²) in [5.41, 5.74) is 4.06. The summed E-state index contributed by atoms with van der Waals surface area (Å²) in [7, 11) is 1.58. The van der Waals surface area contributed by atoms with Crippen molar-refractivity contribution < 1.29 is 19.0 Å². The molecular formula is C34H33BrN2O5S. The highest BCUT2D eigenvalue weighted by Crippen LogP contribution is 2.38. The monoisotopic (exact) mass is 660 g/mol. The summed E-state index contributed by atoms with van der Waals surface area (Å²) < 4.78 is 19.7. The highest BCUT2D eigenvalue weighted by atomic mass is 79.9. The number of methoxy groups -OCH3 is 1. The van der Waals surface area contributed by atoms with E-state index in [-0.39, 0.29) is 12.2 Å². The summed E-state index contributed by atoms with van der Waals surface area (Å²) in [4.78, 5) is 33.3. The number of fused-ring (bicyclic) bond motifs is 1. The first kappa shape index (κ1) is 30.5. The average molecular weight is 662 g/mol. The number of carbonyl (C=O) groups is 1. The van der Waals surface area contributed by atoms with Gasteiger partial charge in [-0.1, -0.05) is 79.8 Å². The molecule has 0 N–H and O–H groups in total. The molecule has 0 saturated carbocycles. The van der Waals surface area contributed by atoms with Crippen molar-refractivity contribution >= 4 is 45.0 Å². The topological polar surface area (TPSA) is 79.1 Å². The smallest absolute Gasteiger partial charge is 0.338 e. The second-order valence-electron chi connectivity index (χ2n) is 10.2. The maximum atomic E-state index is 14.2. The molecule has 4 aromatic rings. The number of carbonyl (C=O) groups excluding carboxylic acids is 1. The van der Waals surface area contributed by atoms with Crippen molar-refractivity contribution in [2.24, 2.45) is 4.99 Å². The number of hydrogen-bond acceptors (Lipinski definition) is 7. The van der Waals surface area contributed by atoms with Gasteiger partial charge in [0.25, 0.3) is 5.56 Å². The van der Waals surface area contributed by atoms with E-state index in [2.05, 4.69) is 29.8 Å². The Hall–Kier alpha value is -3.95. The molecule has 0 bridgehead atoms. The fourth-order valence-electron chi connectivity index (χ4n) is 5.08. The van der Waals surface area contributed by atoms with Gasteiger partial charge in [0.1, 0.15) is 0 Å². The second-order valence-corrected chi connectivity index (χ2v) is 12.1. The molecule has 0 saturated heterocycles. The average Bonchev–Trinajstić information content (AvgIpc) is 3.32. The summed E-state index contributed by atoms with van der Waals surface area (Å²) in [6.07, 6.45) is 1.81. The van der Waals surface area contributed by atoms with Crippen molar-refractivity contribution in [1.29, 1.82) is 0 Å². The summed E-state index contributed by atoms with van der Waals surface area (Å²) in [6.45, 7) is 8.61. The highest BCUT2D eigenvalue weighted by Gasteiger charge is 2.35. The van der Waals surface area contributed by atoms with Crippen molar-refractivity contribution in [1.82, 2.24) is 4.57 Å². The van der Waals surface area contributed by atoms with Crippen LogP contribution in [-0.2, 0) is 9.53 Å². The van der Waals surface area contributed by atoms with Crippen LogP contribution in [0.2, 0.25) is 0 Å². The van der Waals surface area contributed by atoms with Crippen LogP contribution < -0.4 is 24.4 Å². The molecule has 0 fully saturated rings. The van der Waals surface area contributed by atoms with Crippen molar-refractivity contribution in [3.8, 4) is 11.5 Å². The van der Waals surface area contributed by atoms with E-state index in [0.717, 1.165) is 22.3 Å². The van der Waals surface area contributed by atoms with Gasteiger partial charge in [-0.3, -0.25) is 9.36 Å². The zero-order valence-electron chi connectivity index (χ0n) is 24.7. The van der Waals surface area contributed by atoms with Gasteiger partial charge in [0.2, 0.25) is 0 Å². The van der Waals surface area contributed by atoms with Crippen molar-refractivity contribution in [2.45, 2.75) is 39.7 Å². The van der Waals surface area contributed by atoms with E-state index < -0.39 is 12.0 Å². The molecule has 222 valence electrons. The van der Waals surface area contributed by atoms with Gasteiger partial charge in [0.15, 0.2) is 16.3 Å². The molecule has 2 heterocycles. The van der Waals surface area contributed by atoms with Gasteiger partial charge in [-0.2, -0.15) is 0 Å². The van der Waals surface area contributed by atoms with Crippen LogP contribution in [0.25, 0.3) is 11.8 Å². The van der Waals surface area contributed by atoms with Crippen LogP contribution in [0.3, 0.4) is 0 Å². The first-order valence-electron chi connectivity index (χ1n) is 14.2. The molecule has 3 aromatic carbocycles. The number of benzene rings is 3. The molecule has 1 aromatic heterocycles. The summed E-state index contributed by atoms with van der Waals surface area (Å²) in [5.74, 6) is 0.980. The minimum absolute atomic E-state index is 0.197. The third-order valence-corrected chi connectivity index (χ3v) is 8.70. The van der Waals surface area contributed by atoms with Crippen molar-refractivity contribution in [2.75, 3.05) is 20.3 Å². The Morgan fingerprint density at radius 1 is 1.07 bits per heavy atom. The number of thiazole rings is 1. The third kappa shape index (κ3) is 6.10. The van der Waals surface area contributed by atoms with Gasteiger partial charge in [0, 0.05) is 5.56 Å². The molecular weight excluding hydrogens is 628 g/mol. The fourth-order valence-corrected chi connectivity index (χ4v) is 6.65. The second kappa shape index (κ2) is 13.1. The quantitative estimate of drug-likeness (QED) is 0.199. The number of esters is 1. The van der Waals surface area contributed by atoms with E-state index >= 15 is 0 Å². The Balaban J connectivity index is 1.78. The molecule has 43 heavy (non-hydrogen) atoms. The molecule has 0 amide bonds. The van der Waals surface area contributed by atoms with Crippen molar-refractivity contribution in [3.05, 3.63) is 119 Å². The third-order valence-electron chi connectivity index (χ3n) is 7.13. The summed E-state index contributed by atoms with van der Waals surface area (Å²) >= 11 is 4.85. The van der Waals surface area contributed by atoms with Gasteiger partial charge >= 0.3 is 5.97 Å². The molecule has 1 aliphatic heterocycles. The standard InChI is InChI=1S/C34H33BrN2O5S/c1-6-41-31-25(35)17-21(18-26(31)40-5)19-27-32(38)37-30(24-15-13-22(14-16-24)20(3)4)28(33(39)42-7-2)29(36-34(37)43-27)23-11-9-8-10-12-23/h8-20,30H,6-7H2,1-5H3/b27-19-/t30-/m0/s1. The number of halogens is 1. The Morgan fingerprint density at radius 2 is 1.79 bits per heavy atom. The lowest BCUT2D eigenvalue weighted by Gasteiger charge is -2.26. The van der Waals surface area contributed by atoms with Gasteiger partial charge in [-0.25, -0.2) is 9.79 Å². The lowest BCUT2D eigenvalue weighted by atomic mass is 9.91. The largest absolute Gasteiger partial charge is 0.493 e. The van der Waals surface area contributed by atoms with Gasteiger partial charge in [-0.15, -0.1) is 0 Å². The van der Waals surface area contributed by atoms with Crippen LogP contribution in [0, 0.1) is 0 Å². The molecule has 7 nitrogen and oxygen atoms in total. The molecule has 0 radical (unpaired) electrons. The summed E-state index contributed by atoms with van der Waals surface area (Å²) in [5, 5.41) is 0. The van der Waals surface area contributed by atoms with Crippen LogP contribution in [0.1, 0.15) is 61.9 Å². The first-order valence-corrected chi connectivity index (χ1v) is 15.8. The predicted molar refractivity (Wildman–Crippen MR) is 173 cm³/mol. The predicted octanol–water partition coefficient (Wildman–Crippen LogP) is 6.23. The zero-order chi connectivity index (χ0) is 30.7. The first-order chi connectivity index (χ1) is 20.8. The Morgan fingerprint density at radius 3 is 2.42 bits per heavy atom. The van der Waals surface area contributed by atoms with E-state index in [0.29, 0.717) is 49.1 Å². The molecule has 9 heteroatoms. The number of rotatable bonds is 9. The van der Waals surface area contributed by atoms with E-state index in [1.165, 1.54) is 11.3 Å². The number of ether oxygens (including phenoxy) is 3. The maximum absolute atomic E-state index is 14.2. The fraction of sp³-hybridized carbons (Fsp3) is 0.265. The molecule has 1 aliphatic rings. The van der Waals surface area contributed by atoms with E-state index in [4.69, 9.17) is 19.2 Å². The number of aromatic nitrogens is 1. The van der Waals surface area contributed by atoms with Crippen LogP contribution in [0.4, 0.5) is 0 Å². The zero-order valence-corrected chi connectivity index (χ0v) is 27.1. The summed E-state index contributed by atoms with van der Waals surface area (Å²) in [6, 6.07) is 20.6. The van der Waals surface area contributed by atoms with Gasteiger partial charge in [-0.05, 0) is 70.6 Å². The van der Waals surface area contributed by atoms with Gasteiger partial charge < -0.3 is 14.2 Å². The molecule has 5 rings (SSSR count). The lowest BCUT2D eigenvalue weighted by Crippen LogP contribution is -2.40. The number of hydrogen-bond donors (Lipinski definition) is 0. The van der Waals surface area contributed by atoms with E-state index in [1.807, 2.05) is 79.7 Å². The molecule has 0 aliphatic carbocycles. The number of nitrogens with zero attached hydrogens (tertiary/aromatic N) is 2. The maximum Gasteiger partial charge on any atom is 0.338 e. The van der Waals surface area contributed by atoms with E-state index in [9.17, 15) is 9.59 Å². The van der Waals surface area contributed by atoms with Crippen LogP contribution >= 0.6 is 27.3 Å². The van der Waals surface area contributed by atoms with Crippen LogP contribution in [-0.4, -0.2) is 30.9 Å². The van der Waals surface area contributed by atoms with Gasteiger partial charge in [0.05, 0.1) is 46.6 Å². The SMILES string of the molecule is CCOC(=O)C1=C(c2ccccc2)N=c2s/c(=C\c3cc(Br)c(OCC)c(OC)c3)c(=O)n2[C@H]1c1ccc(C(C)C)cc1. The van der Waals surface area contributed by atoms with Crippen LogP contribution in [0.5, 0.6) is 11.5 Å². The normalized spacial score (nSPS) is 14.9. The molecule has 1 atom stereocenters. The minimum atomic E-state index is -0.726. The molecule has 0 spiro atoms. The lowest BCUT2D eigenvalue weighted by molar-refractivity contribution is -0.138. The Bertz CT molecular complexity index is 1860. The minimum Gasteiger partial charge on any atom is -0.493 e. The van der Waals surface area contributed by atoms with Crippen LogP contribution in [0.15, 0.2) is 86.6 Å². The molecule has 0 unspecified atom stereocenters. The highest BCUT2D eigenvalue weighted by molar-refractivity contribution is 9.10. The Kier molecular flexibility index (Phi) is 9.32. The van der Waals surface area contributed by atoms with E-state index in [1.54, 1.807) is 18.6 Å². The van der Waals surface area contributed by atoms with Crippen molar-refractivity contribution in [3.63, 3.8) is 0 Å².